The second-order valence-corrected chi connectivity index (χ2v) is 6.63. The summed E-state index contributed by atoms with van der Waals surface area (Å²) in [7, 11) is 1.70. The van der Waals surface area contributed by atoms with Crippen LogP contribution >= 0.6 is 24.0 Å². The van der Waals surface area contributed by atoms with Gasteiger partial charge in [-0.3, -0.25) is 0 Å². The fourth-order valence-electron chi connectivity index (χ4n) is 3.25. The van der Waals surface area contributed by atoms with E-state index in [1.165, 1.54) is 11.1 Å². The van der Waals surface area contributed by atoms with Gasteiger partial charge in [0.05, 0.1) is 19.3 Å². The number of hydrogen-bond acceptors (Lipinski definition) is 4. The highest BCUT2D eigenvalue weighted by atomic mass is 127. The van der Waals surface area contributed by atoms with Crippen LogP contribution in [-0.2, 0) is 6.54 Å². The topological polar surface area (TPSA) is 62.9 Å². The van der Waals surface area contributed by atoms with Crippen LogP contribution in [0.15, 0.2) is 39.9 Å². The minimum atomic E-state index is 0. The van der Waals surface area contributed by atoms with Gasteiger partial charge in [0.25, 0.3) is 0 Å². The Labute approximate surface area is 184 Å². The molecule has 0 unspecified atom stereocenters. The van der Waals surface area contributed by atoms with E-state index >= 15 is 0 Å². The van der Waals surface area contributed by atoms with Crippen molar-refractivity contribution in [2.24, 2.45) is 4.99 Å². The van der Waals surface area contributed by atoms with Crippen LogP contribution < -0.4 is 10.1 Å². The number of hydrogen-bond donors (Lipinski definition) is 1. The molecule has 0 aliphatic carbocycles. The van der Waals surface area contributed by atoms with E-state index < -0.39 is 0 Å². The molecular weight excluding hydrogens is 467 g/mol. The molecule has 0 saturated heterocycles. The van der Waals surface area contributed by atoms with E-state index in [0.29, 0.717) is 6.54 Å². The summed E-state index contributed by atoms with van der Waals surface area (Å²) in [4.78, 5) is 7.09. The molecule has 0 radical (unpaired) electrons. The van der Waals surface area contributed by atoms with E-state index in [1.54, 1.807) is 7.11 Å². The molecule has 28 heavy (non-hydrogen) atoms. The highest BCUT2D eigenvalue weighted by Gasteiger charge is 2.17. The minimum Gasteiger partial charge on any atom is -0.497 e. The first kappa shape index (κ1) is 22.3. The number of aryl methyl sites for hydroxylation is 2. The van der Waals surface area contributed by atoms with Crippen LogP contribution in [0.25, 0.3) is 5.57 Å². The highest BCUT2D eigenvalue weighted by Crippen LogP contribution is 2.25. The number of nitrogens with one attached hydrogen (secondary N) is 1. The maximum absolute atomic E-state index is 5.34. The van der Waals surface area contributed by atoms with Gasteiger partial charge in [0.15, 0.2) is 5.96 Å². The number of methoxy groups -OCH3 is 1. The normalized spacial score (nSPS) is 14.4. The lowest BCUT2D eigenvalue weighted by atomic mass is 9.99. The third kappa shape index (κ3) is 5.27. The lowest BCUT2D eigenvalue weighted by molar-refractivity contribution is 0.392. The molecule has 1 aromatic carbocycles. The molecular formula is C21H29IN4O2. The Hall–Kier alpha value is -2.03. The Morgan fingerprint density at radius 3 is 2.79 bits per heavy atom. The van der Waals surface area contributed by atoms with Crippen molar-refractivity contribution in [3.05, 3.63) is 52.9 Å². The Balaban J connectivity index is 0.00000280. The van der Waals surface area contributed by atoms with Crippen molar-refractivity contribution in [1.29, 1.82) is 0 Å². The molecule has 1 aliphatic heterocycles. The first-order chi connectivity index (χ1) is 13.1. The number of ether oxygens (including phenoxy) is 1. The smallest absolute Gasteiger partial charge is 0.194 e. The van der Waals surface area contributed by atoms with Crippen molar-refractivity contribution in [2.75, 3.05) is 26.7 Å². The number of aliphatic imine (C=N–C) groups is 1. The first-order valence-electron chi connectivity index (χ1n) is 9.40. The molecule has 0 saturated carbocycles. The highest BCUT2D eigenvalue weighted by molar-refractivity contribution is 14.0. The fraction of sp³-hybridized carbons (Fsp3) is 0.429. The number of guanidine groups is 1. The molecule has 0 amide bonds. The van der Waals surface area contributed by atoms with Gasteiger partial charge >= 0.3 is 0 Å². The number of halogens is 1. The quantitative estimate of drug-likeness (QED) is 0.383. The van der Waals surface area contributed by atoms with Crippen molar-refractivity contribution in [1.82, 2.24) is 15.4 Å². The van der Waals surface area contributed by atoms with Gasteiger partial charge in [0, 0.05) is 25.2 Å². The van der Waals surface area contributed by atoms with Crippen LogP contribution in [0.4, 0.5) is 0 Å². The van der Waals surface area contributed by atoms with E-state index in [0.717, 1.165) is 54.8 Å². The number of nitrogens with zero attached hydrogens (tertiary/aromatic N) is 3. The molecule has 0 atom stereocenters. The van der Waals surface area contributed by atoms with Gasteiger partial charge in [-0.05, 0) is 50.5 Å². The Kier molecular flexibility index (Phi) is 8.35. The van der Waals surface area contributed by atoms with E-state index in [1.807, 2.05) is 26.0 Å². The Bertz CT molecular complexity index is 825. The second-order valence-electron chi connectivity index (χ2n) is 6.63. The molecule has 1 N–H and O–H groups in total. The van der Waals surface area contributed by atoms with Gasteiger partial charge in [0.2, 0.25) is 0 Å². The van der Waals surface area contributed by atoms with Crippen LogP contribution in [0.1, 0.15) is 35.9 Å². The van der Waals surface area contributed by atoms with Crippen molar-refractivity contribution >= 4 is 35.5 Å². The number of aromatic nitrogens is 1. The van der Waals surface area contributed by atoms with E-state index in [2.05, 4.69) is 40.5 Å². The van der Waals surface area contributed by atoms with Gasteiger partial charge in [0.1, 0.15) is 11.5 Å². The largest absolute Gasteiger partial charge is 0.497 e. The number of benzene rings is 1. The van der Waals surface area contributed by atoms with Crippen molar-refractivity contribution in [3.63, 3.8) is 0 Å². The van der Waals surface area contributed by atoms with Gasteiger partial charge in [-0.15, -0.1) is 24.0 Å². The third-order valence-corrected chi connectivity index (χ3v) is 4.85. The van der Waals surface area contributed by atoms with Crippen molar-refractivity contribution in [2.45, 2.75) is 33.7 Å². The van der Waals surface area contributed by atoms with E-state index in [-0.39, 0.29) is 24.0 Å². The molecule has 152 valence electrons. The fourth-order valence-corrected chi connectivity index (χ4v) is 3.25. The van der Waals surface area contributed by atoms with Crippen LogP contribution in [0.2, 0.25) is 0 Å². The average Bonchev–Trinajstić information content (AvgIpc) is 3.03. The minimum absolute atomic E-state index is 0. The maximum atomic E-state index is 5.34. The molecule has 0 spiro atoms. The molecule has 6 nitrogen and oxygen atoms in total. The van der Waals surface area contributed by atoms with Gasteiger partial charge in [-0.1, -0.05) is 23.4 Å². The molecule has 1 aliphatic rings. The summed E-state index contributed by atoms with van der Waals surface area (Å²) in [5, 5.41) is 7.41. The van der Waals surface area contributed by atoms with Crippen LogP contribution in [0.3, 0.4) is 0 Å². The molecule has 0 bridgehead atoms. The zero-order valence-electron chi connectivity index (χ0n) is 17.0. The second kappa shape index (κ2) is 10.5. The maximum Gasteiger partial charge on any atom is 0.194 e. The number of rotatable bonds is 5. The summed E-state index contributed by atoms with van der Waals surface area (Å²) in [5.74, 6) is 2.66. The van der Waals surface area contributed by atoms with Gasteiger partial charge < -0.3 is 19.5 Å². The molecule has 3 rings (SSSR count). The molecule has 1 aromatic heterocycles. The summed E-state index contributed by atoms with van der Waals surface area (Å²) in [6.45, 7) is 9.15. The average molecular weight is 496 g/mol. The summed E-state index contributed by atoms with van der Waals surface area (Å²) in [6.07, 6.45) is 3.25. The van der Waals surface area contributed by atoms with Crippen LogP contribution in [-0.4, -0.2) is 42.8 Å². The predicted octanol–water partition coefficient (Wildman–Crippen LogP) is 4.17. The third-order valence-electron chi connectivity index (χ3n) is 4.85. The van der Waals surface area contributed by atoms with E-state index in [9.17, 15) is 0 Å². The predicted molar refractivity (Wildman–Crippen MR) is 123 cm³/mol. The van der Waals surface area contributed by atoms with E-state index in [4.69, 9.17) is 14.3 Å². The summed E-state index contributed by atoms with van der Waals surface area (Å²) in [6, 6.07) is 8.25. The molecule has 2 heterocycles. The Morgan fingerprint density at radius 1 is 1.36 bits per heavy atom. The molecule has 2 aromatic rings. The van der Waals surface area contributed by atoms with Gasteiger partial charge in [-0.25, -0.2) is 4.99 Å². The standard InChI is InChI=1S/C21H28N4O2.HI/c1-5-22-21(23-14-20-15(2)24-27-16(20)3)25-11-9-17(10-12-25)18-7-6-8-19(13-18)26-4;/h6-9,13H,5,10-12,14H2,1-4H3,(H,22,23);1H. The lowest BCUT2D eigenvalue weighted by Gasteiger charge is -2.30. The lowest BCUT2D eigenvalue weighted by Crippen LogP contribution is -2.43. The summed E-state index contributed by atoms with van der Waals surface area (Å²) >= 11 is 0. The zero-order chi connectivity index (χ0) is 19.2. The van der Waals surface area contributed by atoms with Crippen LogP contribution in [0, 0.1) is 13.8 Å². The summed E-state index contributed by atoms with van der Waals surface area (Å²) < 4.78 is 10.6. The van der Waals surface area contributed by atoms with Crippen LogP contribution in [0.5, 0.6) is 5.75 Å². The van der Waals surface area contributed by atoms with Crippen molar-refractivity contribution in [3.8, 4) is 5.75 Å². The van der Waals surface area contributed by atoms with Gasteiger partial charge in [-0.2, -0.15) is 0 Å². The SMILES string of the molecule is CCNC(=NCc1c(C)noc1C)N1CC=C(c2cccc(OC)c2)CC1.I. The molecule has 7 heteroatoms. The summed E-state index contributed by atoms with van der Waals surface area (Å²) in [5.41, 5.74) is 4.55. The first-order valence-corrected chi connectivity index (χ1v) is 9.40. The van der Waals surface area contributed by atoms with Crippen molar-refractivity contribution < 1.29 is 9.26 Å². The Morgan fingerprint density at radius 2 is 2.18 bits per heavy atom. The zero-order valence-corrected chi connectivity index (χ0v) is 19.3. The monoisotopic (exact) mass is 496 g/mol. The molecule has 0 fully saturated rings.